The molecular formula is C20H28N4O3. The zero-order chi connectivity index (χ0) is 19.3. The van der Waals surface area contributed by atoms with E-state index in [4.69, 9.17) is 4.74 Å². The fraction of sp³-hybridized carbons (Fsp3) is 0.550. The van der Waals surface area contributed by atoms with Gasteiger partial charge in [0.05, 0.1) is 19.8 Å². The number of amides is 2. The van der Waals surface area contributed by atoms with Gasteiger partial charge in [-0.1, -0.05) is 0 Å². The number of likely N-dealkylation sites (tertiary alicyclic amines) is 1. The molecule has 2 aromatic rings. The van der Waals surface area contributed by atoms with E-state index in [1.807, 2.05) is 37.9 Å². The molecule has 7 nitrogen and oxygen atoms in total. The fourth-order valence-electron chi connectivity index (χ4n) is 4.69. The second-order valence-electron chi connectivity index (χ2n) is 8.18. The summed E-state index contributed by atoms with van der Waals surface area (Å²) in [4.78, 5) is 20.0. The summed E-state index contributed by atoms with van der Waals surface area (Å²) in [5.74, 6) is 0.801. The molecule has 2 aliphatic heterocycles. The van der Waals surface area contributed by atoms with E-state index in [2.05, 4.69) is 21.3 Å². The molecule has 1 spiro atoms. The molecule has 0 bridgehead atoms. The summed E-state index contributed by atoms with van der Waals surface area (Å²) in [5.41, 5.74) is 3.19. The van der Waals surface area contributed by atoms with Crippen LogP contribution in [0.15, 0.2) is 18.2 Å². The number of likely N-dealkylation sites (N-methyl/N-ethyl adjacent to an activating group) is 1. The number of urea groups is 1. The minimum Gasteiger partial charge on any atom is -0.497 e. The standard InChI is InChI=1S/C20H28N4O3/c1-12(2)21-19(26)24-10-20(11-24)9-23(3)16(8-25)18-17(20)14-6-5-13(27-4)7-15(14)22-18/h5-7,12,16,22,25H,8-11H2,1-4H3,(H,21,26)/t16-/m1/s1. The monoisotopic (exact) mass is 372 g/mol. The summed E-state index contributed by atoms with van der Waals surface area (Å²) < 4.78 is 5.37. The van der Waals surface area contributed by atoms with Crippen molar-refractivity contribution >= 4 is 16.9 Å². The van der Waals surface area contributed by atoms with Gasteiger partial charge in [-0.15, -0.1) is 0 Å². The molecule has 3 heterocycles. The number of hydrogen-bond acceptors (Lipinski definition) is 4. The average Bonchev–Trinajstić information content (AvgIpc) is 2.96. The highest BCUT2D eigenvalue weighted by Gasteiger charge is 2.53. The maximum absolute atomic E-state index is 12.4. The topological polar surface area (TPSA) is 80.8 Å². The van der Waals surface area contributed by atoms with Crippen LogP contribution in [0.1, 0.15) is 31.1 Å². The van der Waals surface area contributed by atoms with Crippen LogP contribution in [0, 0.1) is 0 Å². The van der Waals surface area contributed by atoms with Gasteiger partial charge in [0.1, 0.15) is 5.75 Å². The number of benzene rings is 1. The first kappa shape index (κ1) is 18.1. The van der Waals surface area contributed by atoms with Crippen LogP contribution in [0.3, 0.4) is 0 Å². The molecule has 0 aliphatic carbocycles. The molecule has 1 atom stereocenters. The van der Waals surface area contributed by atoms with Gasteiger partial charge in [0.15, 0.2) is 0 Å². The number of carbonyl (C=O) groups excluding carboxylic acids is 1. The molecule has 1 saturated heterocycles. The zero-order valence-corrected chi connectivity index (χ0v) is 16.4. The maximum atomic E-state index is 12.4. The summed E-state index contributed by atoms with van der Waals surface area (Å²) >= 11 is 0. The van der Waals surface area contributed by atoms with Crippen molar-refractivity contribution in [3.8, 4) is 5.75 Å². The highest BCUT2D eigenvalue weighted by molar-refractivity contribution is 5.88. The van der Waals surface area contributed by atoms with Crippen LogP contribution in [0.25, 0.3) is 10.9 Å². The Morgan fingerprint density at radius 2 is 2.15 bits per heavy atom. The van der Waals surface area contributed by atoms with Crippen molar-refractivity contribution < 1.29 is 14.6 Å². The normalized spacial score (nSPS) is 21.4. The molecule has 1 fully saturated rings. The van der Waals surface area contributed by atoms with Gasteiger partial charge in [-0.2, -0.15) is 0 Å². The SMILES string of the molecule is COc1ccc2c3c([nH]c2c1)[C@@H](CO)N(C)CC31CN(C(=O)NC(C)C)C1. The Balaban J connectivity index is 1.75. The van der Waals surface area contributed by atoms with Crippen molar-refractivity contribution in [3.63, 3.8) is 0 Å². The van der Waals surface area contributed by atoms with E-state index in [1.165, 1.54) is 5.56 Å². The largest absolute Gasteiger partial charge is 0.497 e. The molecular weight excluding hydrogens is 344 g/mol. The van der Waals surface area contributed by atoms with Gasteiger partial charge in [0, 0.05) is 53.8 Å². The van der Waals surface area contributed by atoms with E-state index in [9.17, 15) is 9.90 Å². The number of ether oxygens (including phenoxy) is 1. The Morgan fingerprint density at radius 1 is 1.41 bits per heavy atom. The van der Waals surface area contributed by atoms with Crippen LogP contribution in [0.5, 0.6) is 5.75 Å². The number of hydrogen-bond donors (Lipinski definition) is 3. The third-order valence-corrected chi connectivity index (χ3v) is 5.84. The number of fused-ring (bicyclic) bond motifs is 4. The average molecular weight is 372 g/mol. The van der Waals surface area contributed by atoms with Gasteiger partial charge >= 0.3 is 6.03 Å². The number of nitrogens with one attached hydrogen (secondary N) is 2. The third kappa shape index (κ3) is 2.76. The third-order valence-electron chi connectivity index (χ3n) is 5.84. The first-order valence-electron chi connectivity index (χ1n) is 9.45. The summed E-state index contributed by atoms with van der Waals surface area (Å²) in [6, 6.07) is 6.10. The summed E-state index contributed by atoms with van der Waals surface area (Å²) in [6.45, 7) is 6.18. The summed E-state index contributed by atoms with van der Waals surface area (Å²) in [7, 11) is 3.70. The van der Waals surface area contributed by atoms with Crippen molar-refractivity contribution in [3.05, 3.63) is 29.5 Å². The number of carbonyl (C=O) groups is 1. The van der Waals surface area contributed by atoms with E-state index >= 15 is 0 Å². The van der Waals surface area contributed by atoms with Crippen molar-refractivity contribution in [1.29, 1.82) is 0 Å². The minimum absolute atomic E-state index is 0.00868. The van der Waals surface area contributed by atoms with Crippen LogP contribution in [-0.4, -0.2) is 72.4 Å². The zero-order valence-electron chi connectivity index (χ0n) is 16.4. The number of aliphatic hydroxyl groups excluding tert-OH is 1. The summed E-state index contributed by atoms with van der Waals surface area (Å²) in [5, 5.41) is 14.1. The quantitative estimate of drug-likeness (QED) is 0.768. The molecule has 0 unspecified atom stereocenters. The van der Waals surface area contributed by atoms with Crippen molar-refractivity contribution in [2.45, 2.75) is 31.3 Å². The molecule has 2 amide bonds. The predicted molar refractivity (Wildman–Crippen MR) is 104 cm³/mol. The van der Waals surface area contributed by atoms with E-state index in [1.54, 1.807) is 7.11 Å². The van der Waals surface area contributed by atoms with Gasteiger partial charge < -0.3 is 25.0 Å². The molecule has 3 N–H and O–H groups in total. The summed E-state index contributed by atoms with van der Waals surface area (Å²) in [6.07, 6.45) is 0. The Hall–Kier alpha value is -2.25. The molecule has 0 saturated carbocycles. The van der Waals surface area contributed by atoms with E-state index in [-0.39, 0.29) is 30.1 Å². The highest BCUT2D eigenvalue weighted by atomic mass is 16.5. The molecule has 146 valence electrons. The Bertz CT molecular complexity index is 869. The van der Waals surface area contributed by atoms with E-state index in [0.29, 0.717) is 13.1 Å². The lowest BCUT2D eigenvalue weighted by atomic mass is 9.69. The number of aliphatic hydroxyl groups is 1. The van der Waals surface area contributed by atoms with Crippen molar-refractivity contribution in [2.24, 2.45) is 0 Å². The van der Waals surface area contributed by atoms with Crippen molar-refractivity contribution in [2.75, 3.05) is 40.4 Å². The molecule has 1 aromatic heterocycles. The lowest BCUT2D eigenvalue weighted by molar-refractivity contribution is 0.0259. The maximum Gasteiger partial charge on any atom is 0.317 e. The van der Waals surface area contributed by atoms with Gasteiger partial charge in [-0.25, -0.2) is 4.79 Å². The fourth-order valence-corrected chi connectivity index (χ4v) is 4.69. The number of nitrogens with zero attached hydrogens (tertiary/aromatic N) is 2. The van der Waals surface area contributed by atoms with E-state index < -0.39 is 0 Å². The van der Waals surface area contributed by atoms with E-state index in [0.717, 1.165) is 28.9 Å². The number of rotatable bonds is 3. The predicted octanol–water partition coefficient (Wildman–Crippen LogP) is 1.83. The Labute approximate surface area is 159 Å². The van der Waals surface area contributed by atoms with Gasteiger partial charge in [0.2, 0.25) is 0 Å². The number of H-pyrrole nitrogens is 1. The van der Waals surface area contributed by atoms with Gasteiger partial charge in [-0.05, 0) is 38.6 Å². The lowest BCUT2D eigenvalue weighted by Crippen LogP contribution is -2.68. The second-order valence-corrected chi connectivity index (χ2v) is 8.18. The minimum atomic E-state index is -0.114. The number of aromatic nitrogens is 1. The molecule has 2 aliphatic rings. The lowest BCUT2D eigenvalue weighted by Gasteiger charge is -2.55. The number of methoxy groups -OCH3 is 1. The van der Waals surface area contributed by atoms with Crippen LogP contribution in [-0.2, 0) is 5.41 Å². The first-order valence-corrected chi connectivity index (χ1v) is 9.45. The molecule has 4 rings (SSSR count). The molecule has 1 aromatic carbocycles. The van der Waals surface area contributed by atoms with Crippen molar-refractivity contribution in [1.82, 2.24) is 20.1 Å². The van der Waals surface area contributed by atoms with Crippen LogP contribution < -0.4 is 10.1 Å². The Morgan fingerprint density at radius 3 is 2.78 bits per heavy atom. The highest BCUT2D eigenvalue weighted by Crippen LogP contribution is 2.48. The second kappa shape index (κ2) is 6.42. The number of aromatic amines is 1. The molecule has 7 heteroatoms. The molecule has 0 radical (unpaired) electrons. The van der Waals surface area contributed by atoms with Gasteiger partial charge in [0.25, 0.3) is 0 Å². The smallest absolute Gasteiger partial charge is 0.317 e. The van der Waals surface area contributed by atoms with Crippen LogP contribution in [0.2, 0.25) is 0 Å². The first-order chi connectivity index (χ1) is 12.9. The van der Waals surface area contributed by atoms with Crippen LogP contribution >= 0.6 is 0 Å². The molecule has 27 heavy (non-hydrogen) atoms. The Kier molecular flexibility index (Phi) is 4.31. The van der Waals surface area contributed by atoms with Crippen LogP contribution in [0.4, 0.5) is 4.79 Å². The van der Waals surface area contributed by atoms with Gasteiger partial charge in [-0.3, -0.25) is 4.90 Å².